The van der Waals surface area contributed by atoms with Gasteiger partial charge in [-0.1, -0.05) is 24.3 Å². The number of anilines is 1. The molecule has 1 saturated heterocycles. The Hall–Kier alpha value is -2.82. The molecule has 138 valence electrons. The smallest absolute Gasteiger partial charge is 0.315 e. The fourth-order valence-corrected chi connectivity index (χ4v) is 4.98. The summed E-state index contributed by atoms with van der Waals surface area (Å²) in [5.41, 5.74) is -1.87. The lowest BCUT2D eigenvalue weighted by Crippen LogP contribution is -2.79. The van der Waals surface area contributed by atoms with Crippen LogP contribution in [0, 0.1) is 16.7 Å². The third-order valence-corrected chi connectivity index (χ3v) is 6.34. The molecule has 2 bridgehead atoms. The van der Waals surface area contributed by atoms with E-state index in [9.17, 15) is 23.2 Å². The van der Waals surface area contributed by atoms with E-state index >= 15 is 0 Å². The van der Waals surface area contributed by atoms with Crippen molar-refractivity contribution in [3.8, 4) is 6.07 Å². The lowest BCUT2D eigenvalue weighted by molar-refractivity contribution is -0.354. The number of nitrogens with zero attached hydrogens (tertiary/aromatic N) is 4. The fourth-order valence-electron chi connectivity index (χ4n) is 4.98. The van der Waals surface area contributed by atoms with Crippen molar-refractivity contribution in [3.05, 3.63) is 36.7 Å². The van der Waals surface area contributed by atoms with Gasteiger partial charge in [-0.3, -0.25) is 9.88 Å². The van der Waals surface area contributed by atoms with Crippen molar-refractivity contribution >= 4 is 22.5 Å². The average molecular weight is 372 g/mol. The number of hydrogen-bond acceptors (Lipinski definition) is 3. The van der Waals surface area contributed by atoms with Crippen molar-refractivity contribution in [2.24, 2.45) is 5.41 Å². The number of rotatable bonds is 2. The Balaban J connectivity index is 1.49. The van der Waals surface area contributed by atoms with Gasteiger partial charge in [-0.25, -0.2) is 4.79 Å². The van der Waals surface area contributed by atoms with E-state index in [1.807, 2.05) is 24.3 Å². The van der Waals surface area contributed by atoms with Crippen LogP contribution in [0.25, 0.3) is 10.8 Å². The minimum absolute atomic E-state index is 0.0605. The predicted octanol–water partition coefficient (Wildman–Crippen LogP) is 3.85. The molecule has 1 aliphatic heterocycles. The number of halogens is 3. The van der Waals surface area contributed by atoms with E-state index in [0.717, 1.165) is 10.8 Å². The summed E-state index contributed by atoms with van der Waals surface area (Å²) in [7, 11) is 0. The van der Waals surface area contributed by atoms with Crippen LogP contribution in [0.4, 0.5) is 23.7 Å². The number of carbonyl (C=O) groups is 1. The van der Waals surface area contributed by atoms with Gasteiger partial charge >= 0.3 is 12.2 Å². The highest BCUT2D eigenvalue weighted by atomic mass is 19.4. The molecule has 2 amide bonds. The second-order valence-corrected chi connectivity index (χ2v) is 7.82. The molecule has 1 atom stereocenters. The molecule has 0 spiro atoms. The summed E-state index contributed by atoms with van der Waals surface area (Å²) < 4.78 is 39.5. The molecular formula is C19H15F3N4O. The zero-order valence-corrected chi connectivity index (χ0v) is 14.2. The van der Waals surface area contributed by atoms with Gasteiger partial charge in [-0.05, 0) is 19.3 Å². The van der Waals surface area contributed by atoms with E-state index in [2.05, 4.69) is 11.1 Å². The van der Waals surface area contributed by atoms with Gasteiger partial charge in [0.2, 0.25) is 0 Å². The van der Waals surface area contributed by atoms with Crippen LogP contribution in [0.15, 0.2) is 36.7 Å². The molecule has 3 aliphatic carbocycles. The lowest BCUT2D eigenvalue weighted by atomic mass is 9.38. The summed E-state index contributed by atoms with van der Waals surface area (Å²) in [6, 6.07) is 8.36. The molecule has 8 heteroatoms. The Morgan fingerprint density at radius 1 is 1.19 bits per heavy atom. The third kappa shape index (κ3) is 1.94. The van der Waals surface area contributed by atoms with Crippen LogP contribution < -0.4 is 4.90 Å². The highest BCUT2D eigenvalue weighted by molar-refractivity contribution is 6.05. The quantitative estimate of drug-likeness (QED) is 0.804. The van der Waals surface area contributed by atoms with Gasteiger partial charge in [-0.15, -0.1) is 0 Å². The molecule has 5 nitrogen and oxygen atoms in total. The first-order valence-electron chi connectivity index (χ1n) is 8.70. The van der Waals surface area contributed by atoms with Gasteiger partial charge in [-0.2, -0.15) is 18.4 Å². The second kappa shape index (κ2) is 4.91. The Morgan fingerprint density at radius 2 is 1.89 bits per heavy atom. The summed E-state index contributed by atoms with van der Waals surface area (Å²) >= 11 is 0. The Bertz CT molecular complexity index is 987. The SMILES string of the molecule is N#CC1CN(C23CC(C(F)(F)F)(C2)C3)C(=O)N1c1cncc2ccccc12. The van der Waals surface area contributed by atoms with Crippen molar-refractivity contribution in [1.29, 1.82) is 5.26 Å². The highest BCUT2D eigenvalue weighted by Crippen LogP contribution is 2.75. The van der Waals surface area contributed by atoms with Crippen molar-refractivity contribution in [1.82, 2.24) is 9.88 Å². The highest BCUT2D eigenvalue weighted by Gasteiger charge is 2.81. The molecule has 2 aromatic rings. The molecule has 3 saturated carbocycles. The predicted molar refractivity (Wildman–Crippen MR) is 90.8 cm³/mol. The Labute approximate surface area is 153 Å². The number of alkyl halides is 3. The summed E-state index contributed by atoms with van der Waals surface area (Å²) in [4.78, 5) is 20.2. The molecule has 2 heterocycles. The van der Waals surface area contributed by atoms with Crippen LogP contribution in [0.1, 0.15) is 19.3 Å². The molecule has 27 heavy (non-hydrogen) atoms. The number of pyridine rings is 1. The van der Waals surface area contributed by atoms with Crippen molar-refractivity contribution in [2.45, 2.75) is 37.0 Å². The van der Waals surface area contributed by atoms with Gasteiger partial charge in [0.1, 0.15) is 6.04 Å². The number of aromatic nitrogens is 1. The molecule has 0 radical (unpaired) electrons. The summed E-state index contributed by atoms with van der Waals surface area (Å²) in [6.45, 7) is 0.118. The van der Waals surface area contributed by atoms with Gasteiger partial charge in [0.25, 0.3) is 0 Å². The molecule has 4 fully saturated rings. The summed E-state index contributed by atoms with van der Waals surface area (Å²) in [5, 5.41) is 11.2. The molecule has 4 aliphatic rings. The van der Waals surface area contributed by atoms with E-state index < -0.39 is 29.2 Å². The molecule has 1 aromatic carbocycles. The number of fused-ring (bicyclic) bond motifs is 1. The zero-order valence-electron chi connectivity index (χ0n) is 14.2. The molecular weight excluding hydrogens is 357 g/mol. The van der Waals surface area contributed by atoms with E-state index in [-0.39, 0.29) is 25.8 Å². The minimum atomic E-state index is -4.23. The molecule has 6 rings (SSSR count). The first-order valence-corrected chi connectivity index (χ1v) is 8.70. The minimum Gasteiger partial charge on any atom is -0.315 e. The summed E-state index contributed by atoms with van der Waals surface area (Å²) in [6.07, 6.45) is -1.20. The zero-order chi connectivity index (χ0) is 19.0. The maximum absolute atomic E-state index is 13.2. The number of nitriles is 1. The monoisotopic (exact) mass is 372 g/mol. The van der Waals surface area contributed by atoms with Gasteiger partial charge < -0.3 is 4.90 Å². The molecule has 1 aromatic heterocycles. The maximum atomic E-state index is 13.2. The fraction of sp³-hybridized carbons (Fsp3) is 0.421. The van der Waals surface area contributed by atoms with Gasteiger partial charge in [0.15, 0.2) is 0 Å². The number of amides is 2. The molecule has 0 N–H and O–H groups in total. The average Bonchev–Trinajstić information content (AvgIpc) is 2.87. The topological polar surface area (TPSA) is 60.2 Å². The van der Waals surface area contributed by atoms with Crippen LogP contribution in [0.5, 0.6) is 0 Å². The normalized spacial score (nSPS) is 32.2. The van der Waals surface area contributed by atoms with Crippen LogP contribution in [0.2, 0.25) is 0 Å². The third-order valence-electron chi connectivity index (χ3n) is 6.34. The van der Waals surface area contributed by atoms with Gasteiger partial charge in [0, 0.05) is 22.5 Å². The van der Waals surface area contributed by atoms with E-state index in [1.165, 1.54) is 16.0 Å². The van der Waals surface area contributed by atoms with Crippen LogP contribution in [0.3, 0.4) is 0 Å². The van der Waals surface area contributed by atoms with Crippen LogP contribution in [-0.2, 0) is 0 Å². The molecule has 1 unspecified atom stereocenters. The van der Waals surface area contributed by atoms with Gasteiger partial charge in [0.05, 0.1) is 29.9 Å². The van der Waals surface area contributed by atoms with Crippen LogP contribution >= 0.6 is 0 Å². The number of benzene rings is 1. The standard InChI is InChI=1S/C19H15F3N4O/c20-19(21,22)17-9-18(10-17,11-17)25-8-13(5-23)26(16(25)27)15-7-24-6-12-3-1-2-4-14(12)15/h1-4,6-7,13H,8-11H2. The van der Waals surface area contributed by atoms with Crippen molar-refractivity contribution < 1.29 is 18.0 Å². The number of hydrogen-bond donors (Lipinski definition) is 0. The van der Waals surface area contributed by atoms with E-state index in [1.54, 1.807) is 6.20 Å². The van der Waals surface area contributed by atoms with E-state index in [4.69, 9.17) is 0 Å². The summed E-state index contributed by atoms with van der Waals surface area (Å²) in [5.74, 6) is 0. The Morgan fingerprint density at radius 3 is 2.56 bits per heavy atom. The number of urea groups is 1. The van der Waals surface area contributed by atoms with Crippen molar-refractivity contribution in [2.75, 3.05) is 11.4 Å². The largest absolute Gasteiger partial charge is 0.394 e. The van der Waals surface area contributed by atoms with Crippen molar-refractivity contribution in [3.63, 3.8) is 0 Å². The Kier molecular flexibility index (Phi) is 2.98. The maximum Gasteiger partial charge on any atom is 0.394 e. The first-order chi connectivity index (χ1) is 12.8. The van der Waals surface area contributed by atoms with Crippen LogP contribution in [-0.4, -0.2) is 40.2 Å². The van der Waals surface area contributed by atoms with E-state index in [0.29, 0.717) is 5.69 Å². The number of carbonyl (C=O) groups excluding carboxylic acids is 1. The lowest BCUT2D eigenvalue weighted by Gasteiger charge is -2.72. The first kappa shape index (κ1) is 16.4. The second-order valence-electron chi connectivity index (χ2n) is 7.82.